The maximum Gasteiger partial charge on any atom is 0.174 e. The molecule has 33 heavy (non-hydrogen) atoms. The van der Waals surface area contributed by atoms with E-state index >= 15 is 0 Å². The van der Waals surface area contributed by atoms with Gasteiger partial charge in [0.1, 0.15) is 0 Å². The average Bonchev–Trinajstić information content (AvgIpc) is 3.36. The van der Waals surface area contributed by atoms with E-state index in [9.17, 15) is 0 Å². The Labute approximate surface area is 218 Å². The average molecular weight is 562 g/mol. The van der Waals surface area contributed by atoms with Crippen LogP contribution in [0.4, 0.5) is 11.4 Å². The third-order valence-corrected chi connectivity index (χ3v) is 8.71. The molecule has 3 aromatic rings. The first kappa shape index (κ1) is 23.1. The van der Waals surface area contributed by atoms with Crippen LogP contribution in [-0.4, -0.2) is 23.2 Å². The van der Waals surface area contributed by atoms with Gasteiger partial charge in [0.2, 0.25) is 0 Å². The van der Waals surface area contributed by atoms with Gasteiger partial charge in [-0.25, -0.2) is 0 Å². The molecule has 2 saturated heterocycles. The Balaban J connectivity index is 1.51. The van der Waals surface area contributed by atoms with Gasteiger partial charge in [-0.05, 0) is 88.9 Å². The number of halogens is 2. The van der Waals surface area contributed by atoms with Crippen molar-refractivity contribution >= 4 is 67.6 Å². The van der Waals surface area contributed by atoms with Crippen molar-refractivity contribution in [1.82, 2.24) is 10.3 Å². The highest BCUT2D eigenvalue weighted by Crippen LogP contribution is 2.45. The molecule has 2 aliphatic rings. The maximum atomic E-state index is 6.89. The molecule has 1 N–H and O–H groups in total. The molecule has 1 aromatic carbocycles. The number of aromatic nitrogens is 1. The summed E-state index contributed by atoms with van der Waals surface area (Å²) in [6, 6.07) is 16.5. The van der Waals surface area contributed by atoms with Gasteiger partial charge in [0.15, 0.2) is 5.11 Å². The molecule has 4 heterocycles. The number of rotatable bonds is 4. The second kappa shape index (κ2) is 9.53. The number of nitrogens with one attached hydrogen (secondary N) is 1. The second-order valence-electron chi connectivity index (χ2n) is 9.13. The lowest BCUT2D eigenvalue weighted by Crippen LogP contribution is -2.38. The van der Waals surface area contributed by atoms with Crippen molar-refractivity contribution in [2.24, 2.45) is 11.8 Å². The molecule has 2 aliphatic heterocycles. The fraction of sp³-hybridized carbons (Fsp3) is 0.360. The number of hydrogen-bond donors (Lipinski definition) is 1. The lowest BCUT2D eigenvalue weighted by Gasteiger charge is -2.37. The molecule has 8 heteroatoms. The van der Waals surface area contributed by atoms with Crippen molar-refractivity contribution in [3.05, 3.63) is 74.1 Å². The lowest BCUT2D eigenvalue weighted by molar-refractivity contribution is 0.357. The Morgan fingerprint density at radius 2 is 1.91 bits per heavy atom. The predicted molar refractivity (Wildman–Crippen MR) is 147 cm³/mol. The summed E-state index contributed by atoms with van der Waals surface area (Å²) in [7, 11) is 0. The van der Waals surface area contributed by atoms with Crippen LogP contribution < -0.4 is 15.1 Å². The fourth-order valence-electron chi connectivity index (χ4n) is 5.17. The first-order chi connectivity index (χ1) is 15.9. The van der Waals surface area contributed by atoms with E-state index in [1.165, 1.54) is 11.3 Å². The molecule has 0 unspecified atom stereocenters. The van der Waals surface area contributed by atoms with E-state index in [4.69, 9.17) is 23.8 Å². The quantitative estimate of drug-likeness (QED) is 0.340. The Morgan fingerprint density at radius 3 is 2.55 bits per heavy atom. The van der Waals surface area contributed by atoms with Crippen molar-refractivity contribution in [2.45, 2.75) is 32.4 Å². The topological polar surface area (TPSA) is 31.4 Å². The van der Waals surface area contributed by atoms with Crippen LogP contribution in [0.25, 0.3) is 0 Å². The summed E-state index contributed by atoms with van der Waals surface area (Å²) in [5, 5.41) is 4.97. The smallest absolute Gasteiger partial charge is 0.174 e. The van der Waals surface area contributed by atoms with Gasteiger partial charge in [0, 0.05) is 29.9 Å². The molecule has 0 radical (unpaired) electrons. The van der Waals surface area contributed by atoms with Crippen molar-refractivity contribution in [3.63, 3.8) is 0 Å². The lowest BCUT2D eigenvalue weighted by atomic mass is 9.91. The molecular weight excluding hydrogens is 536 g/mol. The monoisotopic (exact) mass is 560 g/mol. The largest absolute Gasteiger partial charge is 0.370 e. The first-order valence-electron chi connectivity index (χ1n) is 11.2. The number of thiocarbonyl (C=S) groups is 1. The number of piperidine rings is 1. The zero-order valence-electron chi connectivity index (χ0n) is 18.5. The molecule has 2 fully saturated rings. The van der Waals surface area contributed by atoms with Crippen LogP contribution in [0.5, 0.6) is 0 Å². The first-order valence-corrected chi connectivity index (χ1v) is 13.6. The molecule has 0 saturated carbocycles. The van der Waals surface area contributed by atoms with Crippen molar-refractivity contribution in [1.29, 1.82) is 0 Å². The van der Waals surface area contributed by atoms with Gasteiger partial charge in [-0.2, -0.15) is 0 Å². The van der Waals surface area contributed by atoms with Gasteiger partial charge in [0.05, 0.1) is 32.3 Å². The van der Waals surface area contributed by atoms with Gasteiger partial charge >= 0.3 is 0 Å². The zero-order chi connectivity index (χ0) is 23.1. The molecular formula is C25H26BrClN4S2. The summed E-state index contributed by atoms with van der Waals surface area (Å²) in [6.45, 7) is 6.73. The van der Waals surface area contributed by atoms with E-state index in [-0.39, 0.29) is 12.1 Å². The summed E-state index contributed by atoms with van der Waals surface area (Å²) in [6.07, 6.45) is 3.10. The minimum absolute atomic E-state index is 0.0133. The summed E-state index contributed by atoms with van der Waals surface area (Å²) < 4.78 is 1.09. The number of thiophene rings is 1. The molecule has 4 atom stereocenters. The van der Waals surface area contributed by atoms with Gasteiger partial charge in [-0.3, -0.25) is 4.98 Å². The van der Waals surface area contributed by atoms with Crippen molar-refractivity contribution in [3.8, 4) is 0 Å². The van der Waals surface area contributed by atoms with Crippen molar-refractivity contribution in [2.75, 3.05) is 22.9 Å². The van der Waals surface area contributed by atoms with Crippen LogP contribution >= 0.6 is 51.1 Å². The minimum atomic E-state index is -0.0495. The number of nitrogens with zero attached hydrogens (tertiary/aromatic N) is 3. The Morgan fingerprint density at radius 1 is 1.12 bits per heavy atom. The van der Waals surface area contributed by atoms with Gasteiger partial charge < -0.3 is 15.1 Å². The molecule has 4 nitrogen and oxygen atoms in total. The second-order valence-corrected chi connectivity index (χ2v) is 12.4. The third-order valence-electron chi connectivity index (χ3n) is 6.40. The molecule has 2 aromatic heterocycles. The molecule has 0 aliphatic carbocycles. The standard InChI is InChI=1S/C25H26BrClN4S2/c1-15-11-16(2)14-30(13-15)20-7-6-17(12-18(20)27)31-24(21-8-9-22(26)33-21)23(29-25(31)32)19-5-3-4-10-28-19/h3-10,12,15-16,23-24H,11,13-14H2,1-2H3,(H,29,32)/t15-,16-,23+,24+/m1/s1. The van der Waals surface area contributed by atoms with Crippen LogP contribution in [-0.2, 0) is 0 Å². The number of benzene rings is 1. The van der Waals surface area contributed by atoms with E-state index < -0.39 is 0 Å². The summed E-state index contributed by atoms with van der Waals surface area (Å²) in [4.78, 5) is 10.4. The Bertz CT molecular complexity index is 1140. The highest BCUT2D eigenvalue weighted by Gasteiger charge is 2.41. The van der Waals surface area contributed by atoms with E-state index in [1.807, 2.05) is 24.4 Å². The van der Waals surface area contributed by atoms with Crippen LogP contribution in [0.15, 0.2) is 58.5 Å². The Hall–Kier alpha value is -1.67. The summed E-state index contributed by atoms with van der Waals surface area (Å²) in [5.41, 5.74) is 3.07. The highest BCUT2D eigenvalue weighted by molar-refractivity contribution is 9.11. The van der Waals surface area contributed by atoms with Crippen molar-refractivity contribution < 1.29 is 0 Å². The van der Waals surface area contributed by atoms with Crippen LogP contribution in [0.1, 0.15) is 42.9 Å². The maximum absolute atomic E-state index is 6.89. The van der Waals surface area contributed by atoms with Gasteiger partial charge in [-0.15, -0.1) is 11.3 Å². The van der Waals surface area contributed by atoms with E-state index in [1.54, 1.807) is 11.3 Å². The highest BCUT2D eigenvalue weighted by atomic mass is 79.9. The van der Waals surface area contributed by atoms with E-state index in [2.05, 4.69) is 80.2 Å². The minimum Gasteiger partial charge on any atom is -0.370 e. The Kier molecular flexibility index (Phi) is 6.67. The number of anilines is 2. The normalized spacial score (nSPS) is 25.4. The van der Waals surface area contributed by atoms with Gasteiger partial charge in [-0.1, -0.05) is 31.5 Å². The number of hydrogen-bond acceptors (Lipinski definition) is 4. The molecule has 5 rings (SSSR count). The van der Waals surface area contributed by atoms with E-state index in [0.29, 0.717) is 16.9 Å². The van der Waals surface area contributed by atoms with E-state index in [0.717, 1.165) is 39.0 Å². The predicted octanol–water partition coefficient (Wildman–Crippen LogP) is 7.22. The van der Waals surface area contributed by atoms with Crippen LogP contribution in [0.2, 0.25) is 5.02 Å². The fourth-order valence-corrected chi connectivity index (χ4v) is 7.36. The third kappa shape index (κ3) is 4.65. The molecule has 172 valence electrons. The molecule has 0 spiro atoms. The SMILES string of the molecule is C[C@@H]1C[C@@H](C)CN(c2ccc(N3C(=S)N[C@@H](c4ccccn4)[C@@H]3c3ccc(Br)s3)cc2Cl)C1. The zero-order valence-corrected chi connectivity index (χ0v) is 22.5. The van der Waals surface area contributed by atoms with Crippen LogP contribution in [0, 0.1) is 11.8 Å². The molecule has 0 bridgehead atoms. The number of pyridine rings is 1. The summed E-state index contributed by atoms with van der Waals surface area (Å²) in [5.74, 6) is 1.33. The van der Waals surface area contributed by atoms with Gasteiger partial charge in [0.25, 0.3) is 0 Å². The van der Waals surface area contributed by atoms with Crippen LogP contribution in [0.3, 0.4) is 0 Å². The molecule has 0 amide bonds. The summed E-state index contributed by atoms with van der Waals surface area (Å²) >= 11 is 18.1.